The van der Waals surface area contributed by atoms with E-state index in [1.54, 1.807) is 4.90 Å². The summed E-state index contributed by atoms with van der Waals surface area (Å²) in [6.07, 6.45) is 3.07. The molecule has 2 fully saturated rings. The molecule has 0 radical (unpaired) electrons. The van der Waals surface area contributed by atoms with E-state index in [-0.39, 0.29) is 11.9 Å². The van der Waals surface area contributed by atoms with E-state index in [0.29, 0.717) is 13.0 Å². The molecule has 2 aliphatic heterocycles. The molecular weight excluding hydrogens is 262 g/mol. The SMILES string of the molecule is CC1CCN(Cc2ccc(N3CC(N)CC3=O)cc2)CC1. The number of likely N-dealkylation sites (tertiary alicyclic amines) is 1. The number of carbonyl (C=O) groups is 1. The number of carbonyl (C=O) groups excluding carboxylic acids is 1. The van der Waals surface area contributed by atoms with Gasteiger partial charge in [-0.05, 0) is 49.5 Å². The number of anilines is 1. The third kappa shape index (κ3) is 3.44. The molecule has 0 saturated carbocycles. The number of amides is 1. The van der Waals surface area contributed by atoms with Gasteiger partial charge in [-0.15, -0.1) is 0 Å². The van der Waals surface area contributed by atoms with Crippen molar-refractivity contribution in [3.05, 3.63) is 29.8 Å². The van der Waals surface area contributed by atoms with E-state index in [0.717, 1.165) is 18.2 Å². The number of piperidine rings is 1. The lowest BCUT2D eigenvalue weighted by Gasteiger charge is -2.30. The van der Waals surface area contributed by atoms with E-state index < -0.39 is 0 Å². The summed E-state index contributed by atoms with van der Waals surface area (Å²) in [7, 11) is 0. The van der Waals surface area contributed by atoms with Gasteiger partial charge >= 0.3 is 0 Å². The van der Waals surface area contributed by atoms with Crippen molar-refractivity contribution in [2.45, 2.75) is 38.8 Å². The molecule has 114 valence electrons. The Hall–Kier alpha value is -1.39. The van der Waals surface area contributed by atoms with Crippen molar-refractivity contribution in [1.29, 1.82) is 0 Å². The summed E-state index contributed by atoms with van der Waals surface area (Å²) >= 11 is 0. The van der Waals surface area contributed by atoms with Crippen molar-refractivity contribution >= 4 is 11.6 Å². The van der Waals surface area contributed by atoms with E-state index in [9.17, 15) is 4.79 Å². The average Bonchev–Trinajstić information content (AvgIpc) is 2.81. The number of hydrogen-bond acceptors (Lipinski definition) is 3. The molecule has 0 aromatic heterocycles. The molecule has 4 heteroatoms. The van der Waals surface area contributed by atoms with Crippen molar-refractivity contribution < 1.29 is 4.79 Å². The molecule has 2 heterocycles. The number of benzene rings is 1. The van der Waals surface area contributed by atoms with Gasteiger partial charge in [-0.25, -0.2) is 0 Å². The minimum absolute atomic E-state index is 0.0208. The second-order valence-electron chi connectivity index (χ2n) is 6.59. The minimum Gasteiger partial charge on any atom is -0.326 e. The van der Waals surface area contributed by atoms with Crippen LogP contribution >= 0.6 is 0 Å². The first-order valence-corrected chi connectivity index (χ1v) is 7.99. The Morgan fingerprint density at radius 1 is 1.19 bits per heavy atom. The highest BCUT2D eigenvalue weighted by molar-refractivity contribution is 5.96. The summed E-state index contributed by atoms with van der Waals surface area (Å²) < 4.78 is 0. The number of rotatable bonds is 3. The normalized spacial score (nSPS) is 24.8. The van der Waals surface area contributed by atoms with Crippen LogP contribution in [0.3, 0.4) is 0 Å². The molecule has 3 rings (SSSR count). The van der Waals surface area contributed by atoms with Crippen LogP contribution in [0, 0.1) is 5.92 Å². The molecule has 1 aromatic carbocycles. The predicted octanol–water partition coefficient (Wildman–Crippen LogP) is 1.98. The van der Waals surface area contributed by atoms with Gasteiger partial charge in [0.05, 0.1) is 0 Å². The first kappa shape index (κ1) is 14.5. The fraction of sp³-hybridized carbons (Fsp3) is 0.588. The van der Waals surface area contributed by atoms with Gasteiger partial charge in [0.1, 0.15) is 0 Å². The Balaban J connectivity index is 1.60. The summed E-state index contributed by atoms with van der Waals surface area (Å²) in [4.78, 5) is 16.2. The lowest BCUT2D eigenvalue weighted by atomic mass is 9.99. The maximum Gasteiger partial charge on any atom is 0.228 e. The van der Waals surface area contributed by atoms with Crippen LogP contribution in [0.15, 0.2) is 24.3 Å². The molecule has 0 spiro atoms. The molecule has 2 saturated heterocycles. The Morgan fingerprint density at radius 3 is 2.43 bits per heavy atom. The highest BCUT2D eigenvalue weighted by atomic mass is 16.2. The molecule has 1 unspecified atom stereocenters. The predicted molar refractivity (Wildman–Crippen MR) is 85.1 cm³/mol. The summed E-state index contributed by atoms with van der Waals surface area (Å²) in [5.41, 5.74) is 8.15. The lowest BCUT2D eigenvalue weighted by Crippen LogP contribution is -2.32. The van der Waals surface area contributed by atoms with Crippen molar-refractivity contribution in [2.75, 3.05) is 24.5 Å². The zero-order valence-electron chi connectivity index (χ0n) is 12.8. The highest BCUT2D eigenvalue weighted by Crippen LogP contribution is 2.23. The van der Waals surface area contributed by atoms with E-state index in [1.807, 2.05) is 0 Å². The second-order valence-corrected chi connectivity index (χ2v) is 6.59. The Morgan fingerprint density at radius 2 is 1.86 bits per heavy atom. The molecule has 0 bridgehead atoms. The summed E-state index contributed by atoms with van der Waals surface area (Å²) in [6, 6.07) is 8.37. The topological polar surface area (TPSA) is 49.6 Å². The van der Waals surface area contributed by atoms with Gasteiger partial charge in [0.15, 0.2) is 0 Å². The van der Waals surface area contributed by atoms with Gasteiger partial charge in [-0.1, -0.05) is 19.1 Å². The summed E-state index contributed by atoms with van der Waals surface area (Å²) in [6.45, 7) is 6.39. The van der Waals surface area contributed by atoms with Gasteiger partial charge < -0.3 is 10.6 Å². The zero-order chi connectivity index (χ0) is 14.8. The molecular formula is C17H25N3O. The quantitative estimate of drug-likeness (QED) is 0.925. The van der Waals surface area contributed by atoms with Crippen LogP contribution < -0.4 is 10.6 Å². The number of nitrogens with zero attached hydrogens (tertiary/aromatic N) is 2. The van der Waals surface area contributed by atoms with Gasteiger partial charge in [0.25, 0.3) is 0 Å². The molecule has 1 aromatic rings. The Bertz CT molecular complexity index is 491. The first-order valence-electron chi connectivity index (χ1n) is 7.99. The van der Waals surface area contributed by atoms with Crippen molar-refractivity contribution in [2.24, 2.45) is 11.7 Å². The Kier molecular flexibility index (Phi) is 4.27. The van der Waals surface area contributed by atoms with Crippen LogP contribution in [0.4, 0.5) is 5.69 Å². The van der Waals surface area contributed by atoms with Crippen LogP contribution in [0.1, 0.15) is 31.7 Å². The fourth-order valence-corrected chi connectivity index (χ4v) is 3.24. The summed E-state index contributed by atoms with van der Waals surface area (Å²) in [5, 5.41) is 0. The van der Waals surface area contributed by atoms with Crippen LogP contribution in [0.5, 0.6) is 0 Å². The van der Waals surface area contributed by atoms with Crippen molar-refractivity contribution in [1.82, 2.24) is 4.90 Å². The largest absolute Gasteiger partial charge is 0.326 e. The average molecular weight is 287 g/mol. The number of nitrogens with two attached hydrogens (primary N) is 1. The van der Waals surface area contributed by atoms with Gasteiger partial charge in [-0.2, -0.15) is 0 Å². The maximum absolute atomic E-state index is 11.9. The van der Waals surface area contributed by atoms with Crippen molar-refractivity contribution in [3.8, 4) is 0 Å². The maximum atomic E-state index is 11.9. The summed E-state index contributed by atoms with van der Waals surface area (Å²) in [5.74, 6) is 1.01. The molecule has 1 atom stereocenters. The van der Waals surface area contributed by atoms with Gasteiger partial charge in [0, 0.05) is 31.2 Å². The van der Waals surface area contributed by atoms with E-state index in [2.05, 4.69) is 36.1 Å². The fourth-order valence-electron chi connectivity index (χ4n) is 3.24. The van der Waals surface area contributed by atoms with Crippen molar-refractivity contribution in [3.63, 3.8) is 0 Å². The zero-order valence-corrected chi connectivity index (χ0v) is 12.8. The van der Waals surface area contributed by atoms with Gasteiger partial charge in [0.2, 0.25) is 5.91 Å². The smallest absolute Gasteiger partial charge is 0.228 e. The monoisotopic (exact) mass is 287 g/mol. The Labute approximate surface area is 126 Å². The van der Waals surface area contributed by atoms with Crippen LogP contribution in [0.25, 0.3) is 0 Å². The van der Waals surface area contributed by atoms with Crippen LogP contribution in [0.2, 0.25) is 0 Å². The minimum atomic E-state index is -0.0208. The molecule has 2 aliphatic rings. The second kappa shape index (κ2) is 6.16. The molecule has 2 N–H and O–H groups in total. The van der Waals surface area contributed by atoms with Crippen LogP contribution in [-0.4, -0.2) is 36.5 Å². The number of hydrogen-bond donors (Lipinski definition) is 1. The standard InChI is InChI=1S/C17H25N3O/c1-13-6-8-19(9-7-13)11-14-2-4-16(5-3-14)20-12-15(18)10-17(20)21/h2-5,13,15H,6-12,18H2,1H3. The lowest BCUT2D eigenvalue weighted by molar-refractivity contribution is -0.117. The molecule has 0 aliphatic carbocycles. The van der Waals surface area contributed by atoms with Gasteiger partial charge in [-0.3, -0.25) is 9.69 Å². The molecule has 21 heavy (non-hydrogen) atoms. The van der Waals surface area contributed by atoms with E-state index >= 15 is 0 Å². The third-order valence-electron chi connectivity index (χ3n) is 4.69. The highest BCUT2D eigenvalue weighted by Gasteiger charge is 2.27. The first-order chi connectivity index (χ1) is 10.1. The third-order valence-corrected chi connectivity index (χ3v) is 4.69. The van der Waals surface area contributed by atoms with Crippen LogP contribution in [-0.2, 0) is 11.3 Å². The van der Waals surface area contributed by atoms with E-state index in [1.165, 1.54) is 31.5 Å². The van der Waals surface area contributed by atoms with E-state index in [4.69, 9.17) is 5.73 Å². The molecule has 4 nitrogen and oxygen atoms in total. The molecule has 1 amide bonds.